The van der Waals surface area contributed by atoms with Crippen molar-refractivity contribution in [3.63, 3.8) is 0 Å². The molecule has 1 aromatic carbocycles. The third-order valence-electron chi connectivity index (χ3n) is 3.64. The van der Waals surface area contributed by atoms with Gasteiger partial charge in [-0.3, -0.25) is 4.99 Å². The summed E-state index contributed by atoms with van der Waals surface area (Å²) in [6, 6.07) is 8.14. The summed E-state index contributed by atoms with van der Waals surface area (Å²) in [5.41, 5.74) is 2.14. The Bertz CT molecular complexity index is 582. The van der Waals surface area contributed by atoms with Crippen molar-refractivity contribution in [3.05, 3.63) is 30.1 Å². The first kappa shape index (κ1) is 17.3. The topological polar surface area (TPSA) is 65.1 Å². The number of rotatable bonds is 8. The molecule has 1 aromatic heterocycles. The lowest BCUT2D eigenvalue weighted by atomic mass is 10.1. The zero-order chi connectivity index (χ0) is 16.5. The number of nitrogens with zero attached hydrogens (tertiary/aromatic N) is 2. The molecule has 3 N–H and O–H groups in total. The number of H-pyrrole nitrogens is 1. The molecule has 1 heterocycles. The molecule has 5 heteroatoms. The molecule has 5 nitrogen and oxygen atoms in total. The van der Waals surface area contributed by atoms with Gasteiger partial charge in [0.1, 0.15) is 5.82 Å². The van der Waals surface area contributed by atoms with Gasteiger partial charge in [0.05, 0.1) is 11.0 Å². The van der Waals surface area contributed by atoms with E-state index in [4.69, 9.17) is 0 Å². The van der Waals surface area contributed by atoms with E-state index >= 15 is 0 Å². The van der Waals surface area contributed by atoms with Gasteiger partial charge in [-0.1, -0.05) is 26.0 Å². The number of para-hydroxylation sites is 2. The predicted octanol–water partition coefficient (Wildman–Crippen LogP) is 3.10. The van der Waals surface area contributed by atoms with Gasteiger partial charge in [0.15, 0.2) is 5.96 Å². The number of aliphatic imine (C=N–C) groups is 1. The van der Waals surface area contributed by atoms with E-state index in [1.54, 1.807) is 0 Å². The van der Waals surface area contributed by atoms with Gasteiger partial charge in [0.2, 0.25) is 0 Å². The van der Waals surface area contributed by atoms with Crippen LogP contribution in [0, 0.1) is 5.92 Å². The largest absolute Gasteiger partial charge is 0.357 e. The number of hydrogen-bond donors (Lipinski definition) is 3. The molecule has 0 spiro atoms. The number of fused-ring (bicyclic) bond motifs is 1. The van der Waals surface area contributed by atoms with Gasteiger partial charge in [-0.2, -0.15) is 0 Å². The second kappa shape index (κ2) is 9.18. The molecule has 0 fully saturated rings. The Morgan fingerprint density at radius 3 is 2.83 bits per heavy atom. The summed E-state index contributed by atoms with van der Waals surface area (Å²) in [5.74, 6) is 2.66. The number of hydrogen-bond acceptors (Lipinski definition) is 2. The molecule has 0 aliphatic rings. The van der Waals surface area contributed by atoms with Crippen LogP contribution in [-0.4, -0.2) is 35.6 Å². The monoisotopic (exact) mass is 315 g/mol. The highest BCUT2D eigenvalue weighted by atomic mass is 15.2. The summed E-state index contributed by atoms with van der Waals surface area (Å²) in [5, 5.41) is 6.68. The Labute approximate surface area is 139 Å². The molecule has 0 aliphatic heterocycles. The van der Waals surface area contributed by atoms with Crippen LogP contribution in [0.4, 0.5) is 0 Å². The zero-order valence-electron chi connectivity index (χ0n) is 14.5. The minimum atomic E-state index is 0.707. The molecular weight excluding hydrogens is 286 g/mol. The highest BCUT2D eigenvalue weighted by molar-refractivity contribution is 5.79. The standard InChI is InChI=1S/C18H29N5/c1-4-19-18(21-13-11-14(2)3)20-12-7-10-17-22-15-8-5-6-9-16(15)23-17/h5-6,8-9,14H,4,7,10-13H2,1-3H3,(H,22,23)(H2,19,20,21). The van der Waals surface area contributed by atoms with Crippen LogP contribution in [0.5, 0.6) is 0 Å². The normalized spacial score (nSPS) is 12.1. The summed E-state index contributed by atoms with van der Waals surface area (Å²) in [4.78, 5) is 12.6. The van der Waals surface area contributed by atoms with Crippen molar-refractivity contribution in [1.82, 2.24) is 20.6 Å². The highest BCUT2D eigenvalue weighted by Gasteiger charge is 2.02. The molecule has 2 rings (SSSR count). The summed E-state index contributed by atoms with van der Waals surface area (Å²) < 4.78 is 0. The van der Waals surface area contributed by atoms with Gasteiger partial charge in [-0.15, -0.1) is 0 Å². The maximum atomic E-state index is 4.63. The van der Waals surface area contributed by atoms with E-state index in [1.807, 2.05) is 18.2 Å². The molecule has 0 saturated carbocycles. The second-order valence-electron chi connectivity index (χ2n) is 6.17. The van der Waals surface area contributed by atoms with E-state index in [2.05, 4.69) is 52.4 Å². The van der Waals surface area contributed by atoms with Crippen LogP contribution in [0.2, 0.25) is 0 Å². The Morgan fingerprint density at radius 1 is 1.26 bits per heavy atom. The highest BCUT2D eigenvalue weighted by Crippen LogP contribution is 2.11. The Morgan fingerprint density at radius 2 is 2.09 bits per heavy atom. The van der Waals surface area contributed by atoms with Gasteiger partial charge in [0.25, 0.3) is 0 Å². The van der Waals surface area contributed by atoms with Crippen LogP contribution in [0.3, 0.4) is 0 Å². The minimum Gasteiger partial charge on any atom is -0.357 e. The number of guanidine groups is 1. The van der Waals surface area contributed by atoms with Crippen LogP contribution in [-0.2, 0) is 6.42 Å². The fraction of sp³-hybridized carbons (Fsp3) is 0.556. The van der Waals surface area contributed by atoms with Gasteiger partial charge in [0, 0.05) is 26.1 Å². The number of aryl methyl sites for hydroxylation is 1. The third-order valence-corrected chi connectivity index (χ3v) is 3.64. The van der Waals surface area contributed by atoms with Crippen molar-refractivity contribution < 1.29 is 0 Å². The van der Waals surface area contributed by atoms with E-state index in [0.717, 1.165) is 61.7 Å². The van der Waals surface area contributed by atoms with E-state index in [9.17, 15) is 0 Å². The molecule has 0 aliphatic carbocycles. The molecule has 0 atom stereocenters. The fourth-order valence-corrected chi connectivity index (χ4v) is 2.38. The number of nitrogens with one attached hydrogen (secondary N) is 3. The zero-order valence-corrected chi connectivity index (χ0v) is 14.5. The van der Waals surface area contributed by atoms with Gasteiger partial charge >= 0.3 is 0 Å². The molecule has 0 amide bonds. The predicted molar refractivity (Wildman–Crippen MR) is 97.9 cm³/mol. The molecule has 0 bridgehead atoms. The summed E-state index contributed by atoms with van der Waals surface area (Å²) >= 11 is 0. The first-order valence-electron chi connectivity index (χ1n) is 8.65. The van der Waals surface area contributed by atoms with Gasteiger partial charge in [-0.05, 0) is 37.8 Å². The molecule has 2 aromatic rings. The van der Waals surface area contributed by atoms with Crippen LogP contribution >= 0.6 is 0 Å². The number of imidazole rings is 1. The fourth-order valence-electron chi connectivity index (χ4n) is 2.38. The van der Waals surface area contributed by atoms with Gasteiger partial charge in [-0.25, -0.2) is 4.98 Å². The summed E-state index contributed by atoms with van der Waals surface area (Å²) in [7, 11) is 0. The van der Waals surface area contributed by atoms with Crippen LogP contribution in [0.15, 0.2) is 29.3 Å². The molecule has 23 heavy (non-hydrogen) atoms. The smallest absolute Gasteiger partial charge is 0.191 e. The Kier molecular flexibility index (Phi) is 6.91. The summed E-state index contributed by atoms with van der Waals surface area (Å²) in [6.07, 6.45) is 3.06. The van der Waals surface area contributed by atoms with Crippen molar-refractivity contribution in [3.8, 4) is 0 Å². The van der Waals surface area contributed by atoms with Gasteiger partial charge < -0.3 is 15.6 Å². The second-order valence-corrected chi connectivity index (χ2v) is 6.17. The van der Waals surface area contributed by atoms with Crippen LogP contribution in [0.25, 0.3) is 11.0 Å². The molecule has 0 unspecified atom stereocenters. The quantitative estimate of drug-likeness (QED) is 0.398. The number of benzene rings is 1. The van der Waals surface area contributed by atoms with Crippen molar-refractivity contribution in [2.24, 2.45) is 10.9 Å². The first-order valence-corrected chi connectivity index (χ1v) is 8.65. The van der Waals surface area contributed by atoms with Crippen molar-refractivity contribution in [2.75, 3.05) is 19.6 Å². The van der Waals surface area contributed by atoms with Crippen molar-refractivity contribution >= 4 is 17.0 Å². The Hall–Kier alpha value is -2.04. The molecular formula is C18H29N5. The third kappa shape index (κ3) is 5.93. The maximum Gasteiger partial charge on any atom is 0.191 e. The van der Waals surface area contributed by atoms with Crippen molar-refractivity contribution in [1.29, 1.82) is 0 Å². The van der Waals surface area contributed by atoms with E-state index in [0.29, 0.717) is 5.92 Å². The van der Waals surface area contributed by atoms with E-state index < -0.39 is 0 Å². The van der Waals surface area contributed by atoms with E-state index in [1.165, 1.54) is 0 Å². The van der Waals surface area contributed by atoms with Crippen LogP contribution < -0.4 is 10.6 Å². The molecule has 0 radical (unpaired) electrons. The maximum absolute atomic E-state index is 4.63. The number of aromatic amines is 1. The molecule has 0 saturated heterocycles. The lowest BCUT2D eigenvalue weighted by molar-refractivity contribution is 0.573. The average Bonchev–Trinajstić information content (AvgIpc) is 2.93. The number of aromatic nitrogens is 2. The SMILES string of the molecule is CCNC(=NCCCc1nc2ccccc2[nH]1)NCCC(C)C. The van der Waals surface area contributed by atoms with Crippen LogP contribution in [0.1, 0.15) is 39.4 Å². The Balaban J connectivity index is 1.78. The van der Waals surface area contributed by atoms with E-state index in [-0.39, 0.29) is 0 Å². The lowest BCUT2D eigenvalue weighted by Crippen LogP contribution is -2.38. The first-order chi connectivity index (χ1) is 11.2. The minimum absolute atomic E-state index is 0.707. The summed E-state index contributed by atoms with van der Waals surface area (Å²) in [6.45, 7) is 9.21. The lowest BCUT2D eigenvalue weighted by Gasteiger charge is -2.12. The average molecular weight is 315 g/mol. The van der Waals surface area contributed by atoms with Crippen molar-refractivity contribution in [2.45, 2.75) is 40.0 Å². The molecule has 126 valence electrons.